The largest absolute Gasteiger partial charge is 0.497 e. The predicted molar refractivity (Wildman–Crippen MR) is 76.2 cm³/mol. The zero-order valence-electron chi connectivity index (χ0n) is 11.0. The summed E-state index contributed by atoms with van der Waals surface area (Å²) in [6.07, 6.45) is 1.87. The van der Waals surface area contributed by atoms with Gasteiger partial charge in [0.2, 0.25) is 0 Å². The maximum atomic E-state index is 5.19. The number of rotatable bonds is 3. The molecule has 2 nitrogen and oxygen atoms in total. The van der Waals surface area contributed by atoms with Gasteiger partial charge in [-0.1, -0.05) is 24.3 Å². The van der Waals surface area contributed by atoms with Crippen molar-refractivity contribution in [1.82, 2.24) is 0 Å². The summed E-state index contributed by atoms with van der Waals surface area (Å²) in [5, 5.41) is 0. The molecule has 0 N–H and O–H groups in total. The van der Waals surface area contributed by atoms with Crippen molar-refractivity contribution >= 4 is 11.9 Å². The molecule has 0 saturated heterocycles. The van der Waals surface area contributed by atoms with E-state index in [1.165, 1.54) is 11.1 Å². The topological polar surface area (TPSA) is 21.6 Å². The van der Waals surface area contributed by atoms with Crippen LogP contribution in [0.4, 0.5) is 5.69 Å². The van der Waals surface area contributed by atoms with Crippen molar-refractivity contribution in [2.24, 2.45) is 4.99 Å². The summed E-state index contributed by atoms with van der Waals surface area (Å²) < 4.78 is 5.19. The van der Waals surface area contributed by atoms with Crippen LogP contribution in [0.3, 0.4) is 0 Å². The Kier molecular flexibility index (Phi) is 3.78. The molecule has 0 heterocycles. The Labute approximate surface area is 108 Å². The molecule has 0 aliphatic rings. The predicted octanol–water partition coefficient (Wildman–Crippen LogP) is 4.06. The molecule has 0 amide bonds. The fraction of sp³-hybridized carbons (Fsp3) is 0.188. The molecule has 0 atom stereocenters. The third-order valence-electron chi connectivity index (χ3n) is 3.02. The first-order valence-electron chi connectivity index (χ1n) is 5.95. The maximum absolute atomic E-state index is 5.19. The van der Waals surface area contributed by atoms with Gasteiger partial charge >= 0.3 is 0 Å². The Morgan fingerprint density at radius 3 is 2.61 bits per heavy atom. The highest BCUT2D eigenvalue weighted by atomic mass is 16.5. The van der Waals surface area contributed by atoms with Crippen molar-refractivity contribution in [3.05, 3.63) is 59.2 Å². The SMILES string of the molecule is COc1cccc(C=Nc2cccc(C)c2C)c1. The van der Waals surface area contributed by atoms with Gasteiger partial charge in [0.25, 0.3) is 0 Å². The quantitative estimate of drug-likeness (QED) is 0.740. The van der Waals surface area contributed by atoms with Crippen LogP contribution >= 0.6 is 0 Å². The number of hydrogen-bond acceptors (Lipinski definition) is 2. The molecule has 0 aromatic heterocycles. The van der Waals surface area contributed by atoms with E-state index in [-0.39, 0.29) is 0 Å². The van der Waals surface area contributed by atoms with E-state index in [0.717, 1.165) is 17.0 Å². The highest BCUT2D eigenvalue weighted by molar-refractivity contribution is 5.82. The van der Waals surface area contributed by atoms with Crippen LogP contribution in [0.15, 0.2) is 47.5 Å². The highest BCUT2D eigenvalue weighted by Crippen LogP contribution is 2.21. The van der Waals surface area contributed by atoms with Gasteiger partial charge in [0.1, 0.15) is 5.75 Å². The van der Waals surface area contributed by atoms with Crippen molar-refractivity contribution in [1.29, 1.82) is 0 Å². The number of benzene rings is 2. The van der Waals surface area contributed by atoms with E-state index in [9.17, 15) is 0 Å². The van der Waals surface area contributed by atoms with E-state index in [4.69, 9.17) is 4.74 Å². The van der Waals surface area contributed by atoms with Crippen LogP contribution in [0.1, 0.15) is 16.7 Å². The summed E-state index contributed by atoms with van der Waals surface area (Å²) in [5.41, 5.74) is 4.53. The molecule has 0 bridgehead atoms. The van der Waals surface area contributed by atoms with Crippen LogP contribution in [0.2, 0.25) is 0 Å². The zero-order valence-corrected chi connectivity index (χ0v) is 11.0. The summed E-state index contributed by atoms with van der Waals surface area (Å²) in [7, 11) is 1.67. The first-order chi connectivity index (χ1) is 8.70. The van der Waals surface area contributed by atoms with Gasteiger partial charge in [0, 0.05) is 6.21 Å². The molecule has 2 heteroatoms. The van der Waals surface area contributed by atoms with Gasteiger partial charge < -0.3 is 4.74 Å². The highest BCUT2D eigenvalue weighted by Gasteiger charge is 1.98. The summed E-state index contributed by atoms with van der Waals surface area (Å²) >= 11 is 0. The standard InChI is InChI=1S/C16H17NO/c1-12-6-4-9-16(13(12)2)17-11-14-7-5-8-15(10-14)18-3/h4-11H,1-3H3. The van der Waals surface area contributed by atoms with E-state index in [2.05, 4.69) is 24.9 Å². The summed E-state index contributed by atoms with van der Waals surface area (Å²) in [6, 6.07) is 14.0. The van der Waals surface area contributed by atoms with E-state index in [1.54, 1.807) is 7.11 Å². The molecule has 2 rings (SSSR count). The molecular formula is C16H17NO. The van der Waals surface area contributed by atoms with Gasteiger partial charge in [-0.05, 0) is 48.7 Å². The van der Waals surface area contributed by atoms with Gasteiger partial charge in [-0.25, -0.2) is 0 Å². The minimum absolute atomic E-state index is 0.847. The third-order valence-corrected chi connectivity index (χ3v) is 3.02. The second-order valence-electron chi connectivity index (χ2n) is 4.25. The average molecular weight is 239 g/mol. The minimum Gasteiger partial charge on any atom is -0.497 e. The monoisotopic (exact) mass is 239 g/mol. The molecule has 0 fully saturated rings. The lowest BCUT2D eigenvalue weighted by Gasteiger charge is -2.03. The Hall–Kier alpha value is -2.09. The van der Waals surface area contributed by atoms with Crippen LogP contribution < -0.4 is 4.74 Å². The normalized spacial score (nSPS) is 10.8. The van der Waals surface area contributed by atoms with Crippen LogP contribution in [-0.4, -0.2) is 13.3 Å². The molecule has 0 spiro atoms. The number of hydrogen-bond donors (Lipinski definition) is 0. The smallest absolute Gasteiger partial charge is 0.119 e. The van der Waals surface area contributed by atoms with Crippen molar-refractivity contribution < 1.29 is 4.74 Å². The van der Waals surface area contributed by atoms with Gasteiger partial charge in [-0.3, -0.25) is 4.99 Å². The Bertz CT molecular complexity index is 573. The van der Waals surface area contributed by atoms with E-state index in [0.29, 0.717) is 0 Å². The molecule has 0 aliphatic heterocycles. The number of nitrogens with zero attached hydrogens (tertiary/aromatic N) is 1. The number of ether oxygens (including phenoxy) is 1. The van der Waals surface area contributed by atoms with Crippen LogP contribution in [0.25, 0.3) is 0 Å². The van der Waals surface area contributed by atoms with Crippen LogP contribution in [-0.2, 0) is 0 Å². The van der Waals surface area contributed by atoms with Crippen molar-refractivity contribution in [3.8, 4) is 5.75 Å². The molecule has 0 saturated carbocycles. The molecule has 18 heavy (non-hydrogen) atoms. The lowest BCUT2D eigenvalue weighted by Crippen LogP contribution is -1.86. The van der Waals surface area contributed by atoms with Gasteiger partial charge in [-0.2, -0.15) is 0 Å². The summed E-state index contributed by atoms with van der Waals surface area (Å²) in [5.74, 6) is 0.847. The Morgan fingerprint density at radius 2 is 1.83 bits per heavy atom. The van der Waals surface area contributed by atoms with Crippen LogP contribution in [0.5, 0.6) is 5.75 Å². The summed E-state index contributed by atoms with van der Waals surface area (Å²) in [4.78, 5) is 4.53. The second kappa shape index (κ2) is 5.50. The molecule has 2 aromatic carbocycles. The molecule has 0 radical (unpaired) electrons. The molecule has 0 aliphatic carbocycles. The van der Waals surface area contributed by atoms with Gasteiger partial charge in [0.15, 0.2) is 0 Å². The van der Waals surface area contributed by atoms with E-state index < -0.39 is 0 Å². The lowest BCUT2D eigenvalue weighted by atomic mass is 10.1. The van der Waals surface area contributed by atoms with Gasteiger partial charge in [-0.15, -0.1) is 0 Å². The molecule has 2 aromatic rings. The van der Waals surface area contributed by atoms with Crippen molar-refractivity contribution in [2.45, 2.75) is 13.8 Å². The van der Waals surface area contributed by atoms with Crippen molar-refractivity contribution in [2.75, 3.05) is 7.11 Å². The number of aliphatic imine (C=N–C) groups is 1. The van der Waals surface area contributed by atoms with Gasteiger partial charge in [0.05, 0.1) is 12.8 Å². The summed E-state index contributed by atoms with van der Waals surface area (Å²) in [6.45, 7) is 4.19. The molecule has 92 valence electrons. The average Bonchev–Trinajstić information content (AvgIpc) is 2.41. The van der Waals surface area contributed by atoms with E-state index >= 15 is 0 Å². The fourth-order valence-electron chi connectivity index (χ4n) is 1.74. The van der Waals surface area contributed by atoms with Crippen LogP contribution in [0, 0.1) is 13.8 Å². The maximum Gasteiger partial charge on any atom is 0.119 e. The number of aryl methyl sites for hydroxylation is 1. The zero-order chi connectivity index (χ0) is 13.0. The Balaban J connectivity index is 2.27. The fourth-order valence-corrected chi connectivity index (χ4v) is 1.74. The van der Waals surface area contributed by atoms with Crippen molar-refractivity contribution in [3.63, 3.8) is 0 Å². The third kappa shape index (κ3) is 2.77. The lowest BCUT2D eigenvalue weighted by molar-refractivity contribution is 0.415. The minimum atomic E-state index is 0.847. The first-order valence-corrected chi connectivity index (χ1v) is 5.95. The molecule has 0 unspecified atom stereocenters. The van der Waals surface area contributed by atoms with E-state index in [1.807, 2.05) is 42.6 Å². The Morgan fingerprint density at radius 1 is 1.06 bits per heavy atom. The first kappa shape index (κ1) is 12.4. The molecular weight excluding hydrogens is 222 g/mol. The number of methoxy groups -OCH3 is 1. The second-order valence-corrected chi connectivity index (χ2v) is 4.25.